The van der Waals surface area contributed by atoms with Gasteiger partial charge >= 0.3 is 5.97 Å². The van der Waals surface area contributed by atoms with Gasteiger partial charge in [0.05, 0.1) is 0 Å². The largest absolute Gasteiger partial charge is 0.479 e. The average molecular weight is 363 g/mol. The molecule has 0 aliphatic carbocycles. The zero-order valence-electron chi connectivity index (χ0n) is 11.6. The van der Waals surface area contributed by atoms with Crippen LogP contribution in [0.25, 0.3) is 0 Å². The van der Waals surface area contributed by atoms with Crippen LogP contribution in [-0.4, -0.2) is 28.4 Å². The second-order valence-electron chi connectivity index (χ2n) is 4.67. The Hall–Kier alpha value is -1.07. The van der Waals surface area contributed by atoms with Gasteiger partial charge in [-0.05, 0) is 25.5 Å². The highest BCUT2D eigenvalue weighted by molar-refractivity contribution is 9.10. The van der Waals surface area contributed by atoms with Gasteiger partial charge in [0, 0.05) is 28.5 Å². The molecule has 1 aromatic carbocycles. The Morgan fingerprint density at radius 3 is 2.45 bits per heavy atom. The monoisotopic (exact) mass is 361 g/mol. The van der Waals surface area contributed by atoms with Crippen LogP contribution in [0.4, 0.5) is 0 Å². The lowest BCUT2D eigenvalue weighted by Gasteiger charge is -2.38. The second kappa shape index (κ2) is 6.59. The minimum Gasteiger partial charge on any atom is -0.479 e. The quantitative estimate of drug-likeness (QED) is 0.869. The molecule has 0 bridgehead atoms. The summed E-state index contributed by atoms with van der Waals surface area (Å²) >= 11 is 9.46. The topological polar surface area (TPSA) is 57.6 Å². The number of aliphatic carboxylic acids is 1. The normalized spacial score (nSPS) is 13.7. The Balaban J connectivity index is 3.47. The summed E-state index contributed by atoms with van der Waals surface area (Å²) in [6.07, 6.45) is 0.663. The maximum atomic E-state index is 11.8. The molecule has 0 radical (unpaired) electrons. The van der Waals surface area contributed by atoms with E-state index in [-0.39, 0.29) is 5.91 Å². The van der Waals surface area contributed by atoms with Gasteiger partial charge in [0.15, 0.2) is 5.54 Å². The highest BCUT2D eigenvalue weighted by Gasteiger charge is 2.44. The van der Waals surface area contributed by atoms with E-state index in [0.717, 1.165) is 4.47 Å². The molecule has 0 spiro atoms. The van der Waals surface area contributed by atoms with Crippen LogP contribution in [-0.2, 0) is 15.1 Å². The summed E-state index contributed by atoms with van der Waals surface area (Å²) in [7, 11) is 0. The lowest BCUT2D eigenvalue weighted by molar-refractivity contribution is -0.158. The Labute approximate surface area is 131 Å². The predicted octanol–water partition coefficient (Wildman–Crippen LogP) is 3.66. The number of hydrogen-bond donors (Lipinski definition) is 1. The molecule has 0 aliphatic heterocycles. The van der Waals surface area contributed by atoms with Gasteiger partial charge in [0.1, 0.15) is 0 Å². The van der Waals surface area contributed by atoms with Crippen LogP contribution in [0.1, 0.15) is 32.8 Å². The fourth-order valence-electron chi connectivity index (χ4n) is 2.18. The first kappa shape index (κ1) is 17.0. The Bertz CT molecular complexity index is 535. The van der Waals surface area contributed by atoms with Crippen LogP contribution in [0, 0.1) is 0 Å². The highest BCUT2D eigenvalue weighted by atomic mass is 79.9. The smallest absolute Gasteiger partial charge is 0.334 e. The fourth-order valence-corrected chi connectivity index (χ4v) is 3.04. The first-order chi connectivity index (χ1) is 9.25. The number of benzene rings is 1. The summed E-state index contributed by atoms with van der Waals surface area (Å²) in [6.45, 7) is 5.11. The molecule has 1 rings (SSSR count). The molecule has 0 heterocycles. The molecule has 110 valence electrons. The summed E-state index contributed by atoms with van der Waals surface area (Å²) in [5.74, 6) is -1.40. The third-order valence-electron chi connectivity index (χ3n) is 3.24. The van der Waals surface area contributed by atoms with Crippen molar-refractivity contribution >= 4 is 39.4 Å². The van der Waals surface area contributed by atoms with Crippen molar-refractivity contribution in [2.45, 2.75) is 32.7 Å². The van der Waals surface area contributed by atoms with E-state index in [1.165, 1.54) is 18.7 Å². The van der Waals surface area contributed by atoms with E-state index in [2.05, 4.69) is 15.9 Å². The molecule has 1 N–H and O–H groups in total. The molecule has 0 fully saturated rings. The van der Waals surface area contributed by atoms with E-state index in [1.54, 1.807) is 18.2 Å². The zero-order valence-corrected chi connectivity index (χ0v) is 14.0. The SMILES string of the molecule is CCCN(C(C)=O)C(C)(C(=O)O)c1ccc(Br)cc1Cl. The molecule has 1 amide bonds. The van der Waals surface area contributed by atoms with Crippen molar-refractivity contribution in [3.8, 4) is 0 Å². The third-order valence-corrected chi connectivity index (χ3v) is 4.05. The zero-order chi connectivity index (χ0) is 15.5. The molecule has 0 aromatic heterocycles. The molecule has 1 aromatic rings. The molecule has 1 unspecified atom stereocenters. The first-order valence-corrected chi connectivity index (χ1v) is 7.39. The summed E-state index contributed by atoms with van der Waals surface area (Å²) in [5, 5.41) is 9.97. The summed E-state index contributed by atoms with van der Waals surface area (Å²) in [6, 6.07) is 4.97. The molecule has 4 nitrogen and oxygen atoms in total. The highest BCUT2D eigenvalue weighted by Crippen LogP contribution is 2.35. The van der Waals surface area contributed by atoms with Crippen molar-refractivity contribution in [1.29, 1.82) is 0 Å². The number of carboxylic acids is 1. The van der Waals surface area contributed by atoms with Gasteiger partial charge in [0.25, 0.3) is 0 Å². The molecular weight excluding hydrogens is 346 g/mol. The number of carbonyl (C=O) groups excluding carboxylic acids is 1. The van der Waals surface area contributed by atoms with Crippen molar-refractivity contribution in [2.75, 3.05) is 6.54 Å². The number of nitrogens with zero attached hydrogens (tertiary/aromatic N) is 1. The maximum absolute atomic E-state index is 11.8. The molecule has 0 saturated heterocycles. The summed E-state index contributed by atoms with van der Waals surface area (Å²) in [4.78, 5) is 25.0. The van der Waals surface area contributed by atoms with Crippen LogP contribution in [0.3, 0.4) is 0 Å². The number of rotatable bonds is 5. The Kier molecular flexibility index (Phi) is 5.59. The van der Waals surface area contributed by atoms with E-state index in [4.69, 9.17) is 11.6 Å². The van der Waals surface area contributed by atoms with E-state index in [1.807, 2.05) is 6.92 Å². The number of amides is 1. The number of carboxylic acid groups (broad SMARTS) is 1. The van der Waals surface area contributed by atoms with E-state index in [0.29, 0.717) is 23.6 Å². The van der Waals surface area contributed by atoms with Crippen LogP contribution in [0.5, 0.6) is 0 Å². The second-order valence-corrected chi connectivity index (χ2v) is 6.00. The molecule has 0 aliphatic rings. The average Bonchev–Trinajstić information content (AvgIpc) is 2.34. The summed E-state index contributed by atoms with van der Waals surface area (Å²) < 4.78 is 0.754. The third kappa shape index (κ3) is 3.15. The van der Waals surface area contributed by atoms with Gasteiger partial charge < -0.3 is 10.0 Å². The summed E-state index contributed by atoms with van der Waals surface area (Å²) in [5.41, 5.74) is -1.09. The van der Waals surface area contributed by atoms with Crippen LogP contribution < -0.4 is 0 Å². The van der Waals surface area contributed by atoms with Crippen molar-refractivity contribution in [3.63, 3.8) is 0 Å². The lowest BCUT2D eigenvalue weighted by atomic mass is 9.89. The fraction of sp³-hybridized carbons (Fsp3) is 0.429. The van der Waals surface area contributed by atoms with Gasteiger partial charge in [-0.3, -0.25) is 4.79 Å². The van der Waals surface area contributed by atoms with Crippen LogP contribution in [0.15, 0.2) is 22.7 Å². The van der Waals surface area contributed by atoms with Gasteiger partial charge in [-0.2, -0.15) is 0 Å². The van der Waals surface area contributed by atoms with Crippen molar-refractivity contribution in [1.82, 2.24) is 4.90 Å². The minimum absolute atomic E-state index is 0.296. The van der Waals surface area contributed by atoms with E-state index < -0.39 is 11.5 Å². The number of halogens is 2. The first-order valence-electron chi connectivity index (χ1n) is 6.22. The lowest BCUT2D eigenvalue weighted by Crippen LogP contribution is -2.52. The minimum atomic E-state index is -1.49. The van der Waals surface area contributed by atoms with Gasteiger partial charge in [-0.15, -0.1) is 0 Å². The number of hydrogen-bond acceptors (Lipinski definition) is 2. The molecule has 20 heavy (non-hydrogen) atoms. The van der Waals surface area contributed by atoms with Gasteiger partial charge in [0.2, 0.25) is 5.91 Å². The van der Waals surface area contributed by atoms with Crippen LogP contribution in [0.2, 0.25) is 5.02 Å². The van der Waals surface area contributed by atoms with E-state index >= 15 is 0 Å². The number of carbonyl (C=O) groups is 2. The van der Waals surface area contributed by atoms with Crippen LogP contribution >= 0.6 is 27.5 Å². The van der Waals surface area contributed by atoms with Crippen molar-refractivity contribution < 1.29 is 14.7 Å². The standard InChI is InChI=1S/C14H17BrClNO3/c1-4-7-17(9(2)18)14(3,13(19)20)11-6-5-10(15)8-12(11)16/h5-6,8H,4,7H2,1-3H3,(H,19,20). The molecule has 1 atom stereocenters. The Morgan fingerprint density at radius 1 is 1.45 bits per heavy atom. The van der Waals surface area contributed by atoms with Crippen molar-refractivity contribution in [3.05, 3.63) is 33.3 Å². The Morgan fingerprint density at radius 2 is 2.05 bits per heavy atom. The molecule has 6 heteroatoms. The van der Waals surface area contributed by atoms with Gasteiger partial charge in [-0.25, -0.2) is 4.79 Å². The molecule has 0 saturated carbocycles. The predicted molar refractivity (Wildman–Crippen MR) is 81.8 cm³/mol. The maximum Gasteiger partial charge on any atom is 0.334 e. The van der Waals surface area contributed by atoms with Crippen molar-refractivity contribution in [2.24, 2.45) is 0 Å². The molecular formula is C14H17BrClNO3. The van der Waals surface area contributed by atoms with E-state index in [9.17, 15) is 14.7 Å². The van der Waals surface area contributed by atoms with Gasteiger partial charge in [-0.1, -0.05) is 40.5 Å².